The minimum absolute atomic E-state index is 0.00738. The molecule has 0 aliphatic rings. The minimum Gasteiger partial charge on any atom is -0.465 e. The average molecular weight is 365 g/mol. The Morgan fingerprint density at radius 1 is 1.24 bits per heavy atom. The second-order valence-corrected chi connectivity index (χ2v) is 5.73. The third-order valence-corrected chi connectivity index (χ3v) is 4.01. The summed E-state index contributed by atoms with van der Waals surface area (Å²) in [4.78, 5) is 43.2. The van der Waals surface area contributed by atoms with Crippen molar-refractivity contribution in [2.75, 3.05) is 7.11 Å². The number of carbonyl (C=O) groups is 3. The predicted molar refractivity (Wildman–Crippen MR) is 90.1 cm³/mol. The molecule has 2 aromatic rings. The molecule has 2 rings (SSSR count). The third kappa shape index (κ3) is 3.71. The van der Waals surface area contributed by atoms with Gasteiger partial charge < -0.3 is 14.5 Å². The smallest absolute Gasteiger partial charge is 0.341 e. The lowest BCUT2D eigenvalue weighted by atomic mass is 10.1. The number of H-pyrrole nitrogens is 1. The van der Waals surface area contributed by atoms with E-state index in [1.165, 1.54) is 32.4 Å². The number of aromatic amines is 1. The second kappa shape index (κ2) is 7.48. The number of pyridine rings is 1. The van der Waals surface area contributed by atoms with Gasteiger partial charge in [-0.2, -0.15) is 0 Å². The normalized spacial score (nSPS) is 11.7. The molecule has 0 fully saturated rings. The first-order valence-electron chi connectivity index (χ1n) is 7.41. The van der Waals surface area contributed by atoms with Crippen molar-refractivity contribution in [1.82, 2.24) is 9.97 Å². The van der Waals surface area contributed by atoms with Crippen molar-refractivity contribution in [1.29, 1.82) is 0 Å². The Balaban J connectivity index is 2.22. The summed E-state index contributed by atoms with van der Waals surface area (Å²) in [5.41, 5.74) is 1.49. The molecular weight excluding hydrogens is 348 g/mol. The van der Waals surface area contributed by atoms with E-state index in [0.717, 1.165) is 0 Å². The zero-order valence-corrected chi connectivity index (χ0v) is 14.9. The molecule has 132 valence electrons. The van der Waals surface area contributed by atoms with Crippen LogP contribution in [0.15, 0.2) is 18.3 Å². The highest BCUT2D eigenvalue weighted by molar-refractivity contribution is 6.32. The number of methoxy groups -OCH3 is 1. The van der Waals surface area contributed by atoms with E-state index in [1.54, 1.807) is 13.8 Å². The van der Waals surface area contributed by atoms with Gasteiger partial charge in [-0.15, -0.1) is 0 Å². The van der Waals surface area contributed by atoms with Crippen LogP contribution in [0.4, 0.5) is 0 Å². The Morgan fingerprint density at radius 2 is 1.92 bits per heavy atom. The maximum Gasteiger partial charge on any atom is 0.341 e. The lowest BCUT2D eigenvalue weighted by molar-refractivity contribution is 0.0316. The van der Waals surface area contributed by atoms with Gasteiger partial charge in [-0.3, -0.25) is 4.79 Å². The molecule has 0 bridgehead atoms. The summed E-state index contributed by atoms with van der Waals surface area (Å²) < 4.78 is 9.89. The van der Waals surface area contributed by atoms with Crippen LogP contribution in [0, 0.1) is 13.8 Å². The maximum absolute atomic E-state index is 12.6. The molecule has 2 aromatic heterocycles. The Hall–Kier alpha value is -2.67. The number of nitrogens with one attached hydrogen (secondary N) is 1. The Morgan fingerprint density at radius 3 is 2.52 bits per heavy atom. The molecule has 7 nitrogen and oxygen atoms in total. The molecule has 0 spiro atoms. The largest absolute Gasteiger partial charge is 0.465 e. The molecule has 0 aliphatic carbocycles. The summed E-state index contributed by atoms with van der Waals surface area (Å²) in [6.45, 7) is 4.72. The zero-order valence-electron chi connectivity index (χ0n) is 14.2. The number of Topliss-reactive ketones (excluding diaryl/α,β-unsaturated/α-hetero) is 1. The molecule has 0 saturated heterocycles. The first-order chi connectivity index (χ1) is 11.8. The van der Waals surface area contributed by atoms with E-state index in [-0.39, 0.29) is 16.4 Å². The van der Waals surface area contributed by atoms with Crippen molar-refractivity contribution in [2.45, 2.75) is 26.9 Å². The first-order valence-corrected chi connectivity index (χ1v) is 7.78. The molecule has 2 heterocycles. The summed E-state index contributed by atoms with van der Waals surface area (Å²) in [5.74, 6) is -1.77. The van der Waals surface area contributed by atoms with Crippen LogP contribution < -0.4 is 0 Å². The van der Waals surface area contributed by atoms with Gasteiger partial charge in [-0.05, 0) is 38.5 Å². The molecule has 0 saturated carbocycles. The number of rotatable bonds is 5. The first kappa shape index (κ1) is 18.7. The summed E-state index contributed by atoms with van der Waals surface area (Å²) in [5, 5.41) is -0.00738. The van der Waals surface area contributed by atoms with Gasteiger partial charge in [-0.1, -0.05) is 11.6 Å². The van der Waals surface area contributed by atoms with Crippen LogP contribution >= 0.6 is 11.6 Å². The predicted octanol–water partition coefficient (Wildman–Crippen LogP) is 2.89. The molecule has 0 aromatic carbocycles. The average Bonchev–Trinajstić information content (AvgIpc) is 2.88. The molecule has 1 atom stereocenters. The molecule has 8 heteroatoms. The fraction of sp³-hybridized carbons (Fsp3) is 0.294. The van der Waals surface area contributed by atoms with E-state index in [0.29, 0.717) is 16.8 Å². The fourth-order valence-electron chi connectivity index (χ4n) is 2.42. The summed E-state index contributed by atoms with van der Waals surface area (Å²) in [7, 11) is 1.26. The van der Waals surface area contributed by atoms with Gasteiger partial charge in [-0.25, -0.2) is 14.6 Å². The molecule has 25 heavy (non-hydrogen) atoms. The number of nitrogens with zero attached hydrogens (tertiary/aromatic N) is 1. The van der Waals surface area contributed by atoms with E-state index in [2.05, 4.69) is 9.97 Å². The van der Waals surface area contributed by atoms with Gasteiger partial charge >= 0.3 is 11.9 Å². The summed E-state index contributed by atoms with van der Waals surface area (Å²) >= 11 is 5.84. The molecule has 1 unspecified atom stereocenters. The molecular formula is C17H17ClN2O5. The van der Waals surface area contributed by atoms with E-state index < -0.39 is 23.8 Å². The zero-order chi connectivity index (χ0) is 18.7. The van der Waals surface area contributed by atoms with Gasteiger partial charge in [0.25, 0.3) is 0 Å². The number of ether oxygens (including phenoxy) is 2. The molecule has 0 amide bonds. The topological polar surface area (TPSA) is 98.4 Å². The number of hydrogen-bond donors (Lipinski definition) is 1. The highest BCUT2D eigenvalue weighted by Gasteiger charge is 2.28. The fourth-order valence-corrected chi connectivity index (χ4v) is 2.62. The van der Waals surface area contributed by atoms with E-state index >= 15 is 0 Å². The van der Waals surface area contributed by atoms with E-state index in [4.69, 9.17) is 21.1 Å². The SMILES string of the molecule is COC(=O)c1c(C)[nH]c(C(=O)C(C)OC(=O)c2cccnc2Cl)c1C. The van der Waals surface area contributed by atoms with Gasteiger partial charge in [0.15, 0.2) is 6.10 Å². The lowest BCUT2D eigenvalue weighted by Crippen LogP contribution is -2.25. The van der Waals surface area contributed by atoms with Gasteiger partial charge in [0.05, 0.1) is 23.9 Å². The quantitative estimate of drug-likeness (QED) is 0.497. The monoisotopic (exact) mass is 364 g/mol. The highest BCUT2D eigenvalue weighted by Crippen LogP contribution is 2.21. The number of hydrogen-bond acceptors (Lipinski definition) is 6. The van der Waals surface area contributed by atoms with Crippen molar-refractivity contribution in [3.63, 3.8) is 0 Å². The second-order valence-electron chi connectivity index (χ2n) is 5.37. The number of halogens is 1. The summed E-state index contributed by atoms with van der Waals surface area (Å²) in [6, 6.07) is 2.99. The van der Waals surface area contributed by atoms with Crippen LogP contribution in [0.1, 0.15) is 49.4 Å². The van der Waals surface area contributed by atoms with Gasteiger partial charge in [0, 0.05) is 11.9 Å². The Labute approximate surface area is 149 Å². The highest BCUT2D eigenvalue weighted by atomic mass is 35.5. The van der Waals surface area contributed by atoms with Crippen LogP contribution in [0.25, 0.3) is 0 Å². The van der Waals surface area contributed by atoms with E-state index in [1.807, 2.05) is 0 Å². The minimum atomic E-state index is -1.08. The molecule has 0 radical (unpaired) electrons. The van der Waals surface area contributed by atoms with Crippen molar-refractivity contribution < 1.29 is 23.9 Å². The third-order valence-electron chi connectivity index (χ3n) is 3.71. The van der Waals surface area contributed by atoms with Crippen LogP contribution in [-0.2, 0) is 9.47 Å². The van der Waals surface area contributed by atoms with Crippen LogP contribution in [0.2, 0.25) is 5.15 Å². The van der Waals surface area contributed by atoms with E-state index in [9.17, 15) is 14.4 Å². The van der Waals surface area contributed by atoms with Crippen LogP contribution in [0.5, 0.6) is 0 Å². The lowest BCUT2D eigenvalue weighted by Gasteiger charge is -2.12. The molecule has 0 aliphatic heterocycles. The number of esters is 2. The Bertz CT molecular complexity index is 844. The number of carbonyl (C=O) groups excluding carboxylic acids is 3. The van der Waals surface area contributed by atoms with Crippen LogP contribution in [-0.4, -0.2) is 40.9 Å². The standard InChI is InChI=1S/C17H17ClN2O5/c1-8-12(17(23)24-4)9(2)20-13(8)14(21)10(3)25-16(22)11-6-5-7-19-15(11)18/h5-7,10,20H,1-4H3. The summed E-state index contributed by atoms with van der Waals surface area (Å²) in [6.07, 6.45) is 0.360. The number of aryl methyl sites for hydroxylation is 1. The van der Waals surface area contributed by atoms with Crippen molar-refractivity contribution >= 4 is 29.3 Å². The van der Waals surface area contributed by atoms with Gasteiger partial charge in [0.1, 0.15) is 5.15 Å². The van der Waals surface area contributed by atoms with Crippen molar-refractivity contribution in [3.05, 3.63) is 51.6 Å². The van der Waals surface area contributed by atoms with Crippen molar-refractivity contribution in [2.24, 2.45) is 0 Å². The number of ketones is 1. The maximum atomic E-state index is 12.6. The van der Waals surface area contributed by atoms with Crippen molar-refractivity contribution in [3.8, 4) is 0 Å². The molecule has 1 N–H and O–H groups in total. The van der Waals surface area contributed by atoms with Crippen LogP contribution in [0.3, 0.4) is 0 Å². The number of aromatic nitrogens is 2. The Kier molecular flexibility index (Phi) is 5.58. The van der Waals surface area contributed by atoms with Gasteiger partial charge in [0.2, 0.25) is 5.78 Å².